The highest BCUT2D eigenvalue weighted by Gasteiger charge is 2.20. The van der Waals surface area contributed by atoms with E-state index in [4.69, 9.17) is 21.1 Å². The Morgan fingerprint density at radius 1 is 1.11 bits per heavy atom. The summed E-state index contributed by atoms with van der Waals surface area (Å²) in [6.07, 6.45) is 3.82. The van der Waals surface area contributed by atoms with Gasteiger partial charge in [0.2, 0.25) is 5.91 Å². The Hall–Kier alpha value is -4.04. The van der Waals surface area contributed by atoms with Crippen LogP contribution in [-0.2, 0) is 11.4 Å². The molecule has 0 saturated heterocycles. The topological polar surface area (TPSA) is 85.2 Å². The number of imidazole rings is 1. The molecule has 4 aromatic rings. The monoisotopic (exact) mass is 492 g/mol. The molecule has 35 heavy (non-hydrogen) atoms. The summed E-state index contributed by atoms with van der Waals surface area (Å²) < 4.78 is 13.1. The number of rotatable bonds is 8. The predicted molar refractivity (Wildman–Crippen MR) is 134 cm³/mol. The van der Waals surface area contributed by atoms with Crippen molar-refractivity contribution in [2.45, 2.75) is 13.5 Å². The summed E-state index contributed by atoms with van der Waals surface area (Å²) >= 11 is 6.02. The Morgan fingerprint density at radius 2 is 1.91 bits per heavy atom. The first-order valence-corrected chi connectivity index (χ1v) is 11.3. The fourth-order valence-electron chi connectivity index (χ4n) is 3.66. The number of aryl methyl sites for hydroxylation is 1. The third-order valence-corrected chi connectivity index (χ3v) is 5.62. The molecule has 2 heterocycles. The van der Waals surface area contributed by atoms with Crippen molar-refractivity contribution in [3.05, 3.63) is 88.8 Å². The van der Waals surface area contributed by atoms with Gasteiger partial charge in [-0.2, -0.15) is 0 Å². The van der Waals surface area contributed by atoms with Gasteiger partial charge in [-0.1, -0.05) is 29.8 Å². The molecule has 4 rings (SSSR count). The quantitative estimate of drug-likeness (QED) is 0.388. The van der Waals surface area contributed by atoms with Crippen LogP contribution in [0.15, 0.2) is 67.0 Å². The Kier molecular flexibility index (Phi) is 7.22. The summed E-state index contributed by atoms with van der Waals surface area (Å²) in [7, 11) is 3.05. The van der Waals surface area contributed by atoms with Gasteiger partial charge in [-0.15, -0.1) is 0 Å². The lowest BCUT2D eigenvalue weighted by atomic mass is 10.1. The van der Waals surface area contributed by atoms with Gasteiger partial charge in [0.1, 0.15) is 23.8 Å². The molecule has 180 valence electrons. The van der Waals surface area contributed by atoms with Crippen LogP contribution in [0.1, 0.15) is 21.6 Å². The maximum atomic E-state index is 13.1. The average Bonchev–Trinajstić information content (AvgIpc) is 3.27. The number of hydrogen-bond donors (Lipinski definition) is 1. The van der Waals surface area contributed by atoms with E-state index in [9.17, 15) is 9.59 Å². The van der Waals surface area contributed by atoms with Gasteiger partial charge in [-0.05, 0) is 48.9 Å². The number of carbonyl (C=O) groups excluding carboxylic acids is 2. The fraction of sp³-hybridized carbons (Fsp3) is 0.192. The van der Waals surface area contributed by atoms with E-state index in [0.29, 0.717) is 27.8 Å². The summed E-state index contributed by atoms with van der Waals surface area (Å²) in [5.41, 5.74) is 3.44. The summed E-state index contributed by atoms with van der Waals surface area (Å²) in [6, 6.07) is 15.8. The number of nitrogens with one attached hydrogen (secondary N) is 1. The molecule has 0 saturated carbocycles. The predicted octanol–water partition coefficient (Wildman–Crippen LogP) is 4.59. The number of anilines is 1. The summed E-state index contributed by atoms with van der Waals surface area (Å²) in [6.45, 7) is 2.02. The lowest BCUT2D eigenvalue weighted by Crippen LogP contribution is -2.35. The molecule has 0 unspecified atom stereocenters. The van der Waals surface area contributed by atoms with Crippen LogP contribution in [0.3, 0.4) is 0 Å². The molecule has 9 heteroatoms. The van der Waals surface area contributed by atoms with Crippen molar-refractivity contribution >= 4 is 34.7 Å². The van der Waals surface area contributed by atoms with E-state index in [2.05, 4.69) is 10.3 Å². The summed E-state index contributed by atoms with van der Waals surface area (Å²) in [5.74, 6) is 0.146. The molecule has 2 aromatic carbocycles. The number of fused-ring (bicyclic) bond motifs is 1. The standard InChI is InChI=1S/C26H25ClN4O4/c1-17-7-6-12-31-14-19(28-25(17)31)16-35-22-9-5-4-8-20(22)26(33)30(2)15-24(32)29-21-13-18(27)10-11-23(21)34-3/h4-14H,15-16H2,1-3H3,(H,29,32). The van der Waals surface area contributed by atoms with Crippen LogP contribution in [0.2, 0.25) is 5.02 Å². The van der Waals surface area contributed by atoms with E-state index in [1.807, 2.05) is 35.9 Å². The molecule has 0 aliphatic carbocycles. The molecule has 0 bridgehead atoms. The molecular formula is C26H25ClN4O4. The highest BCUT2D eigenvalue weighted by atomic mass is 35.5. The zero-order valence-corrected chi connectivity index (χ0v) is 20.4. The summed E-state index contributed by atoms with van der Waals surface area (Å²) in [4.78, 5) is 31.7. The number of benzene rings is 2. The molecule has 0 aliphatic heterocycles. The van der Waals surface area contributed by atoms with E-state index < -0.39 is 0 Å². The highest BCUT2D eigenvalue weighted by molar-refractivity contribution is 6.31. The molecule has 1 N–H and O–H groups in total. The molecule has 8 nitrogen and oxygen atoms in total. The molecule has 0 aliphatic rings. The van der Waals surface area contributed by atoms with Crippen molar-refractivity contribution in [3.63, 3.8) is 0 Å². The first-order chi connectivity index (χ1) is 16.9. The van der Waals surface area contributed by atoms with Gasteiger partial charge >= 0.3 is 0 Å². The fourth-order valence-corrected chi connectivity index (χ4v) is 3.83. The third kappa shape index (κ3) is 5.55. The number of aromatic nitrogens is 2. The molecule has 2 aromatic heterocycles. The van der Waals surface area contributed by atoms with Crippen LogP contribution in [0.5, 0.6) is 11.5 Å². The van der Waals surface area contributed by atoms with Crippen LogP contribution in [-0.4, -0.2) is 46.8 Å². The minimum atomic E-state index is -0.389. The number of likely N-dealkylation sites (N-methyl/N-ethyl adjacent to an activating group) is 1. The van der Waals surface area contributed by atoms with E-state index in [1.165, 1.54) is 12.0 Å². The van der Waals surface area contributed by atoms with Crippen molar-refractivity contribution in [1.82, 2.24) is 14.3 Å². The average molecular weight is 493 g/mol. The van der Waals surface area contributed by atoms with Gasteiger partial charge < -0.3 is 24.1 Å². The van der Waals surface area contributed by atoms with Gasteiger partial charge in [0.05, 0.1) is 30.6 Å². The maximum Gasteiger partial charge on any atom is 0.257 e. The number of ether oxygens (including phenoxy) is 2. The smallest absolute Gasteiger partial charge is 0.257 e. The number of hydrogen-bond acceptors (Lipinski definition) is 5. The minimum Gasteiger partial charge on any atom is -0.495 e. The number of nitrogens with zero attached hydrogens (tertiary/aromatic N) is 3. The first kappa shape index (κ1) is 24.1. The largest absolute Gasteiger partial charge is 0.495 e. The second-order valence-corrected chi connectivity index (χ2v) is 8.43. The van der Waals surface area contributed by atoms with Crippen LogP contribution in [0.4, 0.5) is 5.69 Å². The molecule has 0 radical (unpaired) electrons. The van der Waals surface area contributed by atoms with Crippen molar-refractivity contribution in [3.8, 4) is 11.5 Å². The van der Waals surface area contributed by atoms with Gasteiger partial charge in [0.25, 0.3) is 5.91 Å². The number of para-hydroxylation sites is 1. The third-order valence-electron chi connectivity index (χ3n) is 5.38. The van der Waals surface area contributed by atoms with Crippen molar-refractivity contribution < 1.29 is 19.1 Å². The molecule has 0 atom stereocenters. The van der Waals surface area contributed by atoms with Crippen LogP contribution in [0, 0.1) is 6.92 Å². The number of carbonyl (C=O) groups is 2. The molecular weight excluding hydrogens is 468 g/mol. The zero-order valence-electron chi connectivity index (χ0n) is 19.6. The maximum absolute atomic E-state index is 13.1. The number of methoxy groups -OCH3 is 1. The summed E-state index contributed by atoms with van der Waals surface area (Å²) in [5, 5.41) is 3.19. The Labute approximate surface area is 208 Å². The van der Waals surface area contributed by atoms with Gasteiger partial charge in [0, 0.05) is 24.5 Å². The van der Waals surface area contributed by atoms with E-state index >= 15 is 0 Å². The van der Waals surface area contributed by atoms with E-state index in [1.54, 1.807) is 49.5 Å². The van der Waals surface area contributed by atoms with Crippen molar-refractivity contribution in [2.24, 2.45) is 0 Å². The second-order valence-electron chi connectivity index (χ2n) is 7.99. The zero-order chi connectivity index (χ0) is 24.9. The van der Waals surface area contributed by atoms with Crippen LogP contribution in [0.25, 0.3) is 5.65 Å². The van der Waals surface area contributed by atoms with E-state index in [-0.39, 0.29) is 25.0 Å². The molecule has 2 amide bonds. The van der Waals surface area contributed by atoms with Crippen molar-refractivity contribution in [2.75, 3.05) is 26.0 Å². The SMILES string of the molecule is COc1ccc(Cl)cc1NC(=O)CN(C)C(=O)c1ccccc1OCc1cn2cccc(C)c2n1. The van der Waals surface area contributed by atoms with E-state index in [0.717, 1.165) is 16.9 Å². The lowest BCUT2D eigenvalue weighted by Gasteiger charge is -2.19. The number of amides is 2. The highest BCUT2D eigenvalue weighted by Crippen LogP contribution is 2.28. The minimum absolute atomic E-state index is 0.172. The Balaban J connectivity index is 1.43. The van der Waals surface area contributed by atoms with Crippen molar-refractivity contribution in [1.29, 1.82) is 0 Å². The van der Waals surface area contributed by atoms with Gasteiger partial charge in [0.15, 0.2) is 0 Å². The Bertz CT molecular complexity index is 1390. The van der Waals surface area contributed by atoms with Crippen LogP contribution < -0.4 is 14.8 Å². The second kappa shape index (κ2) is 10.5. The number of halogens is 1. The first-order valence-electron chi connectivity index (χ1n) is 10.9. The molecule has 0 fully saturated rings. The normalized spacial score (nSPS) is 10.7. The van der Waals surface area contributed by atoms with Crippen LogP contribution >= 0.6 is 11.6 Å². The number of pyridine rings is 1. The van der Waals surface area contributed by atoms with Gasteiger partial charge in [-0.3, -0.25) is 9.59 Å². The lowest BCUT2D eigenvalue weighted by molar-refractivity contribution is -0.116. The Morgan fingerprint density at radius 3 is 2.69 bits per heavy atom. The molecule has 0 spiro atoms. The van der Waals surface area contributed by atoms with Gasteiger partial charge in [-0.25, -0.2) is 4.98 Å².